The summed E-state index contributed by atoms with van der Waals surface area (Å²) in [6.45, 7) is 3.43. The van der Waals surface area contributed by atoms with E-state index in [4.69, 9.17) is 9.47 Å². The van der Waals surface area contributed by atoms with Crippen molar-refractivity contribution in [3.05, 3.63) is 36.5 Å². The molecule has 9 unspecified atom stereocenters. The third-order valence-electron chi connectivity index (χ3n) is 14.1. The van der Waals surface area contributed by atoms with Crippen molar-refractivity contribution >= 4 is 5.91 Å². The van der Waals surface area contributed by atoms with Crippen molar-refractivity contribution in [2.75, 3.05) is 13.2 Å². The molecule has 0 aromatic rings. The Labute approximate surface area is 428 Å². The van der Waals surface area contributed by atoms with Crippen LogP contribution in [0.25, 0.3) is 0 Å². The van der Waals surface area contributed by atoms with E-state index in [9.17, 15) is 40.5 Å². The Morgan fingerprint density at radius 2 is 0.857 bits per heavy atom. The average Bonchev–Trinajstić information content (AvgIpc) is 3.36. The van der Waals surface area contributed by atoms with Gasteiger partial charge in [0, 0.05) is 0 Å². The van der Waals surface area contributed by atoms with Crippen molar-refractivity contribution < 1.29 is 50.0 Å². The van der Waals surface area contributed by atoms with Crippen LogP contribution in [0.5, 0.6) is 0 Å². The fraction of sp³-hybridized carbons (Fsp3) is 0.881. The summed E-state index contributed by atoms with van der Waals surface area (Å²) in [5.41, 5.74) is 0. The van der Waals surface area contributed by atoms with Crippen molar-refractivity contribution in [1.82, 2.24) is 5.32 Å². The number of hydrogen-bond donors (Lipinski definition) is 8. The Hall–Kier alpha value is -1.67. The first-order valence-corrected chi connectivity index (χ1v) is 29.4. The number of aliphatic hydroxyl groups excluding tert-OH is 7. The normalized spacial score (nSPS) is 20.5. The molecule has 0 radical (unpaired) electrons. The van der Waals surface area contributed by atoms with Gasteiger partial charge in [-0.05, 0) is 77.0 Å². The summed E-state index contributed by atoms with van der Waals surface area (Å²) in [7, 11) is 0. The van der Waals surface area contributed by atoms with Crippen LogP contribution < -0.4 is 5.32 Å². The van der Waals surface area contributed by atoms with E-state index in [2.05, 4.69) is 55.6 Å². The van der Waals surface area contributed by atoms with Crippen LogP contribution in [-0.4, -0.2) is 110 Å². The molecule has 1 fully saturated rings. The molecule has 1 rings (SSSR count). The lowest BCUT2D eigenvalue weighted by atomic mass is 9.98. The van der Waals surface area contributed by atoms with Crippen LogP contribution in [-0.2, 0) is 14.3 Å². The Morgan fingerprint density at radius 3 is 1.27 bits per heavy atom. The number of amides is 1. The van der Waals surface area contributed by atoms with Crippen LogP contribution in [0.4, 0.5) is 0 Å². The maximum absolute atomic E-state index is 13.2. The van der Waals surface area contributed by atoms with Crippen LogP contribution in [0.2, 0.25) is 0 Å². The zero-order chi connectivity index (χ0) is 51.1. The van der Waals surface area contributed by atoms with E-state index in [-0.39, 0.29) is 12.8 Å². The number of unbranched alkanes of at least 4 members (excludes halogenated alkanes) is 32. The first kappa shape index (κ1) is 66.3. The molecule has 1 amide bonds. The largest absolute Gasteiger partial charge is 0.394 e. The van der Waals surface area contributed by atoms with Gasteiger partial charge in [-0.2, -0.15) is 0 Å². The van der Waals surface area contributed by atoms with Crippen molar-refractivity contribution in [2.45, 2.75) is 319 Å². The molecule has 1 aliphatic rings. The highest BCUT2D eigenvalue weighted by atomic mass is 16.7. The molecule has 0 saturated carbocycles. The van der Waals surface area contributed by atoms with Crippen LogP contribution >= 0.6 is 0 Å². The van der Waals surface area contributed by atoms with Gasteiger partial charge in [0.05, 0.1) is 25.4 Å². The first-order valence-electron chi connectivity index (χ1n) is 29.4. The third-order valence-corrected chi connectivity index (χ3v) is 14.1. The van der Waals surface area contributed by atoms with Crippen molar-refractivity contribution in [3.63, 3.8) is 0 Å². The molecule has 8 N–H and O–H groups in total. The molecule has 11 nitrogen and oxygen atoms in total. The molecule has 0 aromatic heterocycles. The van der Waals surface area contributed by atoms with Crippen molar-refractivity contribution in [1.29, 1.82) is 0 Å². The molecule has 1 aliphatic heterocycles. The second kappa shape index (κ2) is 48.3. The van der Waals surface area contributed by atoms with Gasteiger partial charge in [0.1, 0.15) is 36.6 Å². The van der Waals surface area contributed by atoms with E-state index < -0.39 is 74.2 Å². The fourth-order valence-electron chi connectivity index (χ4n) is 9.34. The van der Waals surface area contributed by atoms with Gasteiger partial charge in [0.25, 0.3) is 0 Å². The van der Waals surface area contributed by atoms with E-state index in [0.29, 0.717) is 19.3 Å². The summed E-state index contributed by atoms with van der Waals surface area (Å²) >= 11 is 0. The molecule has 0 bridgehead atoms. The van der Waals surface area contributed by atoms with E-state index in [1.165, 1.54) is 180 Å². The molecule has 0 spiro atoms. The second-order valence-corrected chi connectivity index (χ2v) is 20.7. The minimum atomic E-state index is -1.67. The molecular formula is C59H111NO10. The topological polar surface area (TPSA) is 189 Å². The summed E-state index contributed by atoms with van der Waals surface area (Å²) in [4.78, 5) is 13.2. The highest BCUT2D eigenvalue weighted by Crippen LogP contribution is 2.23. The monoisotopic (exact) mass is 994 g/mol. The Morgan fingerprint density at radius 1 is 0.486 bits per heavy atom. The van der Waals surface area contributed by atoms with Crippen LogP contribution in [0.3, 0.4) is 0 Å². The van der Waals surface area contributed by atoms with Gasteiger partial charge in [-0.25, -0.2) is 0 Å². The number of carbonyl (C=O) groups is 1. The lowest BCUT2D eigenvalue weighted by Gasteiger charge is -2.40. The van der Waals surface area contributed by atoms with Gasteiger partial charge in [0.15, 0.2) is 6.29 Å². The molecule has 70 heavy (non-hydrogen) atoms. The maximum atomic E-state index is 13.2. The summed E-state index contributed by atoms with van der Waals surface area (Å²) < 4.78 is 11.1. The molecular weight excluding hydrogens is 883 g/mol. The Kier molecular flexibility index (Phi) is 45.8. The van der Waals surface area contributed by atoms with Gasteiger partial charge in [-0.15, -0.1) is 0 Å². The minimum Gasteiger partial charge on any atom is -0.394 e. The number of allylic oxidation sites excluding steroid dienone is 6. The van der Waals surface area contributed by atoms with Gasteiger partial charge in [-0.3, -0.25) is 4.79 Å². The smallest absolute Gasteiger partial charge is 0.249 e. The van der Waals surface area contributed by atoms with Crippen LogP contribution in [0.15, 0.2) is 36.5 Å². The molecule has 1 heterocycles. The fourth-order valence-corrected chi connectivity index (χ4v) is 9.34. The number of hydrogen-bond acceptors (Lipinski definition) is 10. The van der Waals surface area contributed by atoms with E-state index in [1.807, 2.05) is 0 Å². The SMILES string of the molecule is CCCCCCC/C=C/CC/C=C/CCCC(O)C(O)C(COC1OC(CO)C(O)C(O)C1O)NC(=O)C(O)CCCCCCCCCCCCCCC/C=C\CCCCCCCCCCCCCC. The molecule has 9 atom stereocenters. The average molecular weight is 995 g/mol. The van der Waals surface area contributed by atoms with E-state index in [0.717, 1.165) is 38.5 Å². The van der Waals surface area contributed by atoms with E-state index >= 15 is 0 Å². The zero-order valence-electron chi connectivity index (χ0n) is 45.0. The Balaban J connectivity index is 2.25. The van der Waals surface area contributed by atoms with Gasteiger partial charge >= 0.3 is 0 Å². The summed E-state index contributed by atoms with van der Waals surface area (Å²) in [6.07, 6.45) is 47.9. The number of aliphatic hydroxyl groups is 7. The third kappa shape index (κ3) is 36.3. The van der Waals surface area contributed by atoms with Gasteiger partial charge in [0.2, 0.25) is 5.91 Å². The van der Waals surface area contributed by atoms with Gasteiger partial charge in [-0.1, -0.05) is 224 Å². The first-order chi connectivity index (χ1) is 34.2. The van der Waals surface area contributed by atoms with Crippen molar-refractivity contribution in [2.24, 2.45) is 0 Å². The maximum Gasteiger partial charge on any atom is 0.249 e. The molecule has 0 aliphatic carbocycles. The number of ether oxygens (including phenoxy) is 2. The van der Waals surface area contributed by atoms with Crippen LogP contribution in [0, 0.1) is 0 Å². The minimum absolute atomic E-state index is 0.246. The second-order valence-electron chi connectivity index (χ2n) is 20.7. The lowest BCUT2D eigenvalue weighted by Crippen LogP contribution is -2.60. The summed E-state index contributed by atoms with van der Waals surface area (Å²) in [5, 5.41) is 76.0. The van der Waals surface area contributed by atoms with Crippen molar-refractivity contribution in [3.8, 4) is 0 Å². The number of nitrogens with one attached hydrogen (secondary N) is 1. The predicted molar refractivity (Wildman–Crippen MR) is 289 cm³/mol. The quantitative estimate of drug-likeness (QED) is 0.0215. The molecule has 11 heteroatoms. The standard InChI is InChI=1S/C59H111NO10/c1-3-5-7-9-11-13-15-17-19-20-21-22-23-24-25-26-27-28-29-30-31-32-33-35-37-39-41-43-45-47-52(63)58(68)60-50(49-69-59-57(67)56(66)55(65)53(48-61)70-59)54(64)51(62)46-44-42-40-38-36-34-18-16-14-12-10-8-6-4-2/h16,18,24-25,38,40,50-57,59,61-67H,3-15,17,19-23,26-37,39,41-49H2,1-2H3,(H,60,68)/b18-16+,25-24-,40-38+. The molecule has 1 saturated heterocycles. The predicted octanol–water partition coefficient (Wildman–Crippen LogP) is 12.3. The number of rotatable bonds is 50. The zero-order valence-corrected chi connectivity index (χ0v) is 45.0. The highest BCUT2D eigenvalue weighted by Gasteiger charge is 2.44. The van der Waals surface area contributed by atoms with E-state index in [1.54, 1.807) is 0 Å². The Bertz CT molecular complexity index is 1230. The summed E-state index contributed by atoms with van der Waals surface area (Å²) in [6, 6.07) is -1.19. The van der Waals surface area contributed by atoms with Crippen LogP contribution in [0.1, 0.15) is 264 Å². The van der Waals surface area contributed by atoms with Gasteiger partial charge < -0.3 is 50.5 Å². The lowest BCUT2D eigenvalue weighted by molar-refractivity contribution is -0.303. The molecule has 412 valence electrons. The highest BCUT2D eigenvalue weighted by molar-refractivity contribution is 5.80. The number of carbonyl (C=O) groups excluding carboxylic acids is 1. The molecule has 0 aromatic carbocycles. The summed E-state index contributed by atoms with van der Waals surface area (Å²) in [5.74, 6) is -0.709.